The van der Waals surface area contributed by atoms with Crippen LogP contribution in [0.1, 0.15) is 17.5 Å². The molecule has 108 valence electrons. The van der Waals surface area contributed by atoms with Crippen LogP contribution in [0, 0.1) is 0 Å². The quantitative estimate of drug-likeness (QED) is 0.906. The van der Waals surface area contributed by atoms with Crippen LogP contribution in [0.25, 0.3) is 10.6 Å². The predicted octanol–water partition coefficient (Wildman–Crippen LogP) is 3.64. The lowest BCUT2D eigenvalue weighted by Gasteiger charge is -2.05. The molecule has 0 amide bonds. The number of aromatic nitrogens is 1. The highest BCUT2D eigenvalue weighted by atomic mass is 32.1. The van der Waals surface area contributed by atoms with E-state index in [1.54, 1.807) is 12.1 Å². The van der Waals surface area contributed by atoms with Crippen LogP contribution in [-0.4, -0.2) is 16.6 Å². The first-order chi connectivity index (χ1) is 9.41. The monoisotopic (exact) mass is 302 g/mol. The molecule has 0 spiro atoms. The summed E-state index contributed by atoms with van der Waals surface area (Å²) in [6.45, 7) is 2.53. The predicted molar refractivity (Wildman–Crippen MR) is 71.6 cm³/mol. The van der Waals surface area contributed by atoms with Gasteiger partial charge in [-0.1, -0.05) is 19.1 Å². The van der Waals surface area contributed by atoms with Gasteiger partial charge in [0.05, 0.1) is 4.88 Å². The van der Waals surface area contributed by atoms with Gasteiger partial charge in [-0.05, 0) is 18.7 Å². The molecule has 0 aliphatic carbocycles. The molecule has 7 heteroatoms. The van der Waals surface area contributed by atoms with Gasteiger partial charge in [0, 0.05) is 12.1 Å². The van der Waals surface area contributed by atoms with Gasteiger partial charge in [0.25, 0.3) is 0 Å². The maximum Gasteiger partial charge on any atom is 0.434 e. The Kier molecular flexibility index (Phi) is 4.29. The maximum absolute atomic E-state index is 13.0. The Bertz CT molecular complexity index is 596. The zero-order chi connectivity index (χ0) is 14.8. The van der Waals surface area contributed by atoms with Crippen molar-refractivity contribution in [3.05, 3.63) is 34.8 Å². The van der Waals surface area contributed by atoms with Crippen LogP contribution >= 0.6 is 11.3 Å². The molecule has 2 rings (SSSR count). The largest absolute Gasteiger partial charge is 0.508 e. The molecule has 0 atom stereocenters. The fourth-order valence-electron chi connectivity index (χ4n) is 1.69. The van der Waals surface area contributed by atoms with E-state index in [-0.39, 0.29) is 22.2 Å². The van der Waals surface area contributed by atoms with E-state index in [4.69, 9.17) is 0 Å². The second-order valence-corrected chi connectivity index (χ2v) is 5.20. The molecule has 1 aromatic heterocycles. The topological polar surface area (TPSA) is 45.1 Å². The second kappa shape index (κ2) is 5.80. The number of benzene rings is 1. The molecule has 0 unspecified atom stereocenters. The standard InChI is InChI=1S/C13H13F3N2OS/c1-2-17-7-10-11(13(14,15)16)18-12(20-10)8-4-3-5-9(19)6-8/h3-6,17,19H,2,7H2,1H3. The summed E-state index contributed by atoms with van der Waals surface area (Å²) in [6, 6.07) is 6.05. The molecule has 0 saturated carbocycles. The summed E-state index contributed by atoms with van der Waals surface area (Å²) in [5.74, 6) is -0.000470. The van der Waals surface area contributed by atoms with Crippen molar-refractivity contribution in [2.45, 2.75) is 19.6 Å². The molecular formula is C13H13F3N2OS. The zero-order valence-electron chi connectivity index (χ0n) is 10.7. The van der Waals surface area contributed by atoms with Crippen LogP contribution < -0.4 is 5.32 Å². The number of hydrogen-bond acceptors (Lipinski definition) is 4. The van der Waals surface area contributed by atoms with Gasteiger partial charge < -0.3 is 10.4 Å². The molecule has 1 heterocycles. The number of alkyl halides is 3. The molecule has 0 aliphatic rings. The number of phenolic OH excluding ortho intramolecular Hbond substituents is 1. The van der Waals surface area contributed by atoms with E-state index in [9.17, 15) is 18.3 Å². The van der Waals surface area contributed by atoms with Crippen molar-refractivity contribution < 1.29 is 18.3 Å². The summed E-state index contributed by atoms with van der Waals surface area (Å²) in [7, 11) is 0. The van der Waals surface area contributed by atoms with Crippen molar-refractivity contribution in [1.29, 1.82) is 0 Å². The molecule has 0 bridgehead atoms. The van der Waals surface area contributed by atoms with Crippen molar-refractivity contribution in [2.24, 2.45) is 0 Å². The molecule has 2 N–H and O–H groups in total. The van der Waals surface area contributed by atoms with Crippen LogP contribution in [0.3, 0.4) is 0 Å². The number of nitrogens with one attached hydrogen (secondary N) is 1. The van der Waals surface area contributed by atoms with Gasteiger partial charge >= 0.3 is 6.18 Å². The average Bonchev–Trinajstić information content (AvgIpc) is 2.80. The number of rotatable bonds is 4. The van der Waals surface area contributed by atoms with Gasteiger partial charge in [-0.15, -0.1) is 11.3 Å². The minimum Gasteiger partial charge on any atom is -0.508 e. The molecule has 0 fully saturated rings. The third kappa shape index (κ3) is 3.29. The van der Waals surface area contributed by atoms with E-state index >= 15 is 0 Å². The van der Waals surface area contributed by atoms with Crippen LogP contribution in [-0.2, 0) is 12.7 Å². The van der Waals surface area contributed by atoms with Crippen molar-refractivity contribution in [3.63, 3.8) is 0 Å². The first kappa shape index (κ1) is 14.8. The van der Waals surface area contributed by atoms with Gasteiger partial charge in [0.2, 0.25) is 0 Å². The molecule has 0 radical (unpaired) electrons. The summed E-state index contributed by atoms with van der Waals surface area (Å²) in [5, 5.41) is 12.5. The van der Waals surface area contributed by atoms with E-state index in [0.717, 1.165) is 11.3 Å². The Morgan fingerprint density at radius 2 is 2.10 bits per heavy atom. The summed E-state index contributed by atoms with van der Waals surface area (Å²) in [4.78, 5) is 3.84. The van der Waals surface area contributed by atoms with Crippen LogP contribution in [0.5, 0.6) is 5.75 Å². The van der Waals surface area contributed by atoms with Crippen LogP contribution in [0.15, 0.2) is 24.3 Å². The van der Waals surface area contributed by atoms with Gasteiger partial charge in [-0.3, -0.25) is 0 Å². The first-order valence-corrected chi connectivity index (χ1v) is 6.80. The number of halogens is 3. The van der Waals surface area contributed by atoms with E-state index in [2.05, 4.69) is 10.3 Å². The highest BCUT2D eigenvalue weighted by molar-refractivity contribution is 7.15. The Morgan fingerprint density at radius 3 is 2.70 bits per heavy atom. The fourth-order valence-corrected chi connectivity index (χ4v) is 2.74. The Balaban J connectivity index is 2.43. The Morgan fingerprint density at radius 1 is 1.35 bits per heavy atom. The van der Waals surface area contributed by atoms with E-state index in [0.29, 0.717) is 12.1 Å². The minimum absolute atomic E-state index is 0.000470. The van der Waals surface area contributed by atoms with Crippen molar-refractivity contribution >= 4 is 11.3 Å². The summed E-state index contributed by atoms with van der Waals surface area (Å²) >= 11 is 0.983. The number of nitrogens with zero attached hydrogens (tertiary/aromatic N) is 1. The van der Waals surface area contributed by atoms with Crippen LogP contribution in [0.4, 0.5) is 13.2 Å². The summed E-state index contributed by atoms with van der Waals surface area (Å²) in [5.41, 5.74) is -0.384. The molecule has 1 aromatic carbocycles. The van der Waals surface area contributed by atoms with E-state index in [1.165, 1.54) is 12.1 Å². The molecule has 2 aromatic rings. The van der Waals surface area contributed by atoms with Gasteiger partial charge in [0.1, 0.15) is 10.8 Å². The van der Waals surface area contributed by atoms with E-state index in [1.807, 2.05) is 6.92 Å². The lowest BCUT2D eigenvalue weighted by atomic mass is 10.2. The fraction of sp³-hybridized carbons (Fsp3) is 0.308. The lowest BCUT2D eigenvalue weighted by Crippen LogP contribution is -2.15. The normalized spacial score (nSPS) is 11.8. The van der Waals surface area contributed by atoms with Crippen LogP contribution in [0.2, 0.25) is 0 Å². The highest BCUT2D eigenvalue weighted by Crippen LogP contribution is 2.38. The van der Waals surface area contributed by atoms with E-state index < -0.39 is 11.9 Å². The summed E-state index contributed by atoms with van der Waals surface area (Å²) in [6.07, 6.45) is -4.48. The first-order valence-electron chi connectivity index (χ1n) is 5.99. The minimum atomic E-state index is -4.48. The average molecular weight is 302 g/mol. The van der Waals surface area contributed by atoms with Gasteiger partial charge in [-0.2, -0.15) is 13.2 Å². The number of hydrogen-bond donors (Lipinski definition) is 2. The third-order valence-electron chi connectivity index (χ3n) is 2.59. The van der Waals surface area contributed by atoms with Crippen molar-refractivity contribution in [1.82, 2.24) is 10.3 Å². The molecule has 0 aliphatic heterocycles. The molecular weight excluding hydrogens is 289 g/mol. The highest BCUT2D eigenvalue weighted by Gasteiger charge is 2.37. The maximum atomic E-state index is 13.0. The van der Waals surface area contributed by atoms with Gasteiger partial charge in [0.15, 0.2) is 5.69 Å². The van der Waals surface area contributed by atoms with Gasteiger partial charge in [-0.25, -0.2) is 4.98 Å². The Hall–Kier alpha value is -1.60. The zero-order valence-corrected chi connectivity index (χ0v) is 11.5. The Labute approximate surface area is 118 Å². The third-order valence-corrected chi connectivity index (χ3v) is 3.70. The lowest BCUT2D eigenvalue weighted by molar-refractivity contribution is -0.141. The number of aromatic hydroxyl groups is 1. The summed E-state index contributed by atoms with van der Waals surface area (Å²) < 4.78 is 38.9. The molecule has 0 saturated heterocycles. The van der Waals surface area contributed by atoms with Crippen molar-refractivity contribution in [2.75, 3.05) is 6.54 Å². The number of thiazole rings is 1. The SMILES string of the molecule is CCNCc1sc(-c2cccc(O)c2)nc1C(F)(F)F. The van der Waals surface area contributed by atoms with Crippen molar-refractivity contribution in [3.8, 4) is 16.3 Å². The molecule has 20 heavy (non-hydrogen) atoms. The smallest absolute Gasteiger partial charge is 0.434 e. The number of phenols is 1. The second-order valence-electron chi connectivity index (χ2n) is 4.12. The molecule has 3 nitrogen and oxygen atoms in total.